The lowest BCUT2D eigenvalue weighted by Crippen LogP contribution is -2.36. The second-order valence-electron chi connectivity index (χ2n) is 5.40. The minimum Gasteiger partial charge on any atom is -0.491 e. The van der Waals surface area contributed by atoms with Crippen molar-refractivity contribution in [3.05, 3.63) is 23.8 Å². The summed E-state index contributed by atoms with van der Waals surface area (Å²) in [6.07, 6.45) is 0.895. The maximum absolute atomic E-state index is 12.3. The Morgan fingerprint density at radius 1 is 1.38 bits per heavy atom. The largest absolute Gasteiger partial charge is 0.491 e. The summed E-state index contributed by atoms with van der Waals surface area (Å²) < 4.78 is 32.9. The number of hydrogen-bond donors (Lipinski definition) is 2. The highest BCUT2D eigenvalue weighted by Crippen LogP contribution is 2.23. The van der Waals surface area contributed by atoms with Crippen LogP contribution in [0.5, 0.6) is 5.75 Å². The lowest BCUT2D eigenvalue weighted by Gasteiger charge is -2.15. The number of sulfonamides is 1. The Morgan fingerprint density at radius 2 is 2.10 bits per heavy atom. The van der Waals surface area contributed by atoms with Crippen molar-refractivity contribution < 1.29 is 13.2 Å². The van der Waals surface area contributed by atoms with Crippen molar-refractivity contribution >= 4 is 22.4 Å². The van der Waals surface area contributed by atoms with Crippen molar-refractivity contribution in [1.29, 1.82) is 0 Å². The van der Waals surface area contributed by atoms with Crippen LogP contribution in [0, 0.1) is 6.92 Å². The van der Waals surface area contributed by atoms with Crippen molar-refractivity contribution in [3.8, 4) is 5.75 Å². The molecule has 0 amide bonds. The Kier molecular flexibility index (Phi) is 6.46. The Hall–Kier alpha value is -0.820. The zero-order valence-corrected chi connectivity index (χ0v) is 14.2. The first kappa shape index (κ1) is 18.2. The van der Waals surface area contributed by atoms with Crippen molar-refractivity contribution in [2.75, 3.05) is 13.1 Å². The first-order valence-electron chi connectivity index (χ1n) is 6.89. The molecular weight excluding hydrogens is 312 g/mol. The van der Waals surface area contributed by atoms with Gasteiger partial charge in [-0.1, -0.05) is 0 Å². The molecular formula is C14H23ClN2O3S. The molecule has 0 saturated carbocycles. The minimum atomic E-state index is -3.46. The van der Waals surface area contributed by atoms with Crippen LogP contribution < -0.4 is 14.8 Å². The van der Waals surface area contributed by atoms with Gasteiger partial charge in [-0.2, -0.15) is 0 Å². The normalized spacial score (nSPS) is 18.6. The van der Waals surface area contributed by atoms with E-state index >= 15 is 0 Å². The molecule has 2 N–H and O–H groups in total. The van der Waals surface area contributed by atoms with E-state index in [4.69, 9.17) is 4.74 Å². The number of halogens is 1. The fourth-order valence-corrected chi connectivity index (χ4v) is 3.57. The summed E-state index contributed by atoms with van der Waals surface area (Å²) in [4.78, 5) is 0.290. The molecule has 1 aromatic carbocycles. The summed E-state index contributed by atoms with van der Waals surface area (Å²) in [5.41, 5.74) is 0.825. The predicted octanol–water partition coefficient (Wildman–Crippen LogP) is 1.84. The molecule has 1 atom stereocenters. The van der Waals surface area contributed by atoms with Crippen LogP contribution in [0.25, 0.3) is 0 Å². The summed E-state index contributed by atoms with van der Waals surface area (Å²) in [5, 5.41) is 3.14. The third kappa shape index (κ3) is 4.85. The molecule has 1 saturated heterocycles. The monoisotopic (exact) mass is 334 g/mol. The highest BCUT2D eigenvalue weighted by Gasteiger charge is 2.23. The van der Waals surface area contributed by atoms with Gasteiger partial charge in [0.05, 0.1) is 11.0 Å². The quantitative estimate of drug-likeness (QED) is 0.862. The molecule has 5 nitrogen and oxygen atoms in total. The molecule has 1 aliphatic rings. The smallest absolute Gasteiger partial charge is 0.240 e. The van der Waals surface area contributed by atoms with Crippen LogP contribution in [-0.2, 0) is 10.0 Å². The van der Waals surface area contributed by atoms with E-state index in [0.717, 1.165) is 24.3 Å². The molecule has 0 bridgehead atoms. The zero-order valence-electron chi connectivity index (χ0n) is 12.5. The number of ether oxygens (including phenoxy) is 1. The van der Waals surface area contributed by atoms with Gasteiger partial charge >= 0.3 is 0 Å². The number of aryl methyl sites for hydroxylation is 1. The van der Waals surface area contributed by atoms with Crippen LogP contribution in [0.15, 0.2) is 23.1 Å². The lowest BCUT2D eigenvalue weighted by molar-refractivity contribution is 0.240. The van der Waals surface area contributed by atoms with Gasteiger partial charge in [0.15, 0.2) is 0 Å². The highest BCUT2D eigenvalue weighted by molar-refractivity contribution is 7.89. The summed E-state index contributed by atoms with van der Waals surface area (Å²) in [5.74, 6) is 0.724. The van der Waals surface area contributed by atoms with Crippen molar-refractivity contribution in [2.24, 2.45) is 0 Å². The van der Waals surface area contributed by atoms with Crippen LogP contribution >= 0.6 is 12.4 Å². The molecule has 21 heavy (non-hydrogen) atoms. The topological polar surface area (TPSA) is 67.4 Å². The second-order valence-corrected chi connectivity index (χ2v) is 7.12. The molecule has 1 fully saturated rings. The fourth-order valence-electron chi connectivity index (χ4n) is 2.22. The first-order chi connectivity index (χ1) is 9.38. The van der Waals surface area contributed by atoms with Crippen LogP contribution in [0.2, 0.25) is 0 Å². The standard InChI is InChI=1S/C14H22N2O3S.ClH/c1-10(2)19-14-5-4-13(8-11(14)3)20(17,18)16-12-6-7-15-9-12;/h4-5,8,10,12,15-16H,6-7,9H2,1-3H3;1H. The molecule has 1 unspecified atom stereocenters. The maximum Gasteiger partial charge on any atom is 0.240 e. The molecule has 0 aliphatic carbocycles. The summed E-state index contributed by atoms with van der Waals surface area (Å²) in [6.45, 7) is 7.28. The van der Waals surface area contributed by atoms with Gasteiger partial charge in [-0.15, -0.1) is 12.4 Å². The van der Waals surface area contributed by atoms with E-state index in [1.807, 2.05) is 20.8 Å². The third-order valence-electron chi connectivity index (χ3n) is 3.20. The van der Waals surface area contributed by atoms with E-state index in [2.05, 4.69) is 10.0 Å². The van der Waals surface area contributed by atoms with Gasteiger partial charge in [0.2, 0.25) is 10.0 Å². The average molecular weight is 335 g/mol. The molecule has 2 rings (SSSR count). The molecule has 0 spiro atoms. The van der Waals surface area contributed by atoms with E-state index in [1.165, 1.54) is 0 Å². The Labute approximate surface area is 132 Å². The molecule has 1 aromatic rings. The maximum atomic E-state index is 12.3. The molecule has 120 valence electrons. The van der Waals surface area contributed by atoms with Gasteiger partial charge in [-0.25, -0.2) is 13.1 Å². The SMILES string of the molecule is Cc1cc(S(=O)(=O)NC2CCNC2)ccc1OC(C)C.Cl. The van der Waals surface area contributed by atoms with Crippen LogP contribution in [0.3, 0.4) is 0 Å². The minimum absolute atomic E-state index is 0. The van der Waals surface area contributed by atoms with Crippen LogP contribution in [-0.4, -0.2) is 33.7 Å². The predicted molar refractivity (Wildman–Crippen MR) is 85.8 cm³/mol. The number of rotatable bonds is 5. The Balaban J connectivity index is 0.00000220. The van der Waals surface area contributed by atoms with Gasteiger partial charge in [0.1, 0.15) is 5.75 Å². The van der Waals surface area contributed by atoms with E-state index < -0.39 is 10.0 Å². The average Bonchev–Trinajstić information content (AvgIpc) is 2.83. The van der Waals surface area contributed by atoms with E-state index in [9.17, 15) is 8.42 Å². The van der Waals surface area contributed by atoms with Gasteiger partial charge in [0, 0.05) is 12.6 Å². The first-order valence-corrected chi connectivity index (χ1v) is 8.37. The van der Waals surface area contributed by atoms with Crippen LogP contribution in [0.4, 0.5) is 0 Å². The van der Waals surface area contributed by atoms with Gasteiger partial charge < -0.3 is 10.1 Å². The lowest BCUT2D eigenvalue weighted by atomic mass is 10.2. The summed E-state index contributed by atoms with van der Waals surface area (Å²) in [7, 11) is -3.46. The second kappa shape index (κ2) is 7.45. The van der Waals surface area contributed by atoms with Crippen molar-refractivity contribution in [3.63, 3.8) is 0 Å². The molecule has 0 aromatic heterocycles. The fraction of sp³-hybridized carbons (Fsp3) is 0.571. The molecule has 1 aliphatic heterocycles. The summed E-state index contributed by atoms with van der Waals surface area (Å²) >= 11 is 0. The van der Waals surface area contributed by atoms with Crippen molar-refractivity contribution in [1.82, 2.24) is 10.0 Å². The number of hydrogen-bond acceptors (Lipinski definition) is 4. The Bertz CT molecular complexity index is 570. The number of nitrogens with one attached hydrogen (secondary N) is 2. The number of benzene rings is 1. The molecule has 7 heteroatoms. The highest BCUT2D eigenvalue weighted by atomic mass is 35.5. The van der Waals surface area contributed by atoms with Crippen LogP contribution in [0.1, 0.15) is 25.8 Å². The Morgan fingerprint density at radius 3 is 2.62 bits per heavy atom. The van der Waals surface area contributed by atoms with E-state index in [-0.39, 0.29) is 29.4 Å². The van der Waals surface area contributed by atoms with E-state index in [1.54, 1.807) is 18.2 Å². The third-order valence-corrected chi connectivity index (χ3v) is 4.72. The van der Waals surface area contributed by atoms with Gasteiger partial charge in [0.25, 0.3) is 0 Å². The molecule has 0 radical (unpaired) electrons. The van der Waals surface area contributed by atoms with Crippen molar-refractivity contribution in [2.45, 2.75) is 44.2 Å². The zero-order chi connectivity index (χ0) is 14.8. The van der Waals surface area contributed by atoms with E-state index in [0.29, 0.717) is 6.54 Å². The van der Waals surface area contributed by atoms with Gasteiger partial charge in [-0.3, -0.25) is 0 Å². The van der Waals surface area contributed by atoms with Gasteiger partial charge in [-0.05, 0) is 57.5 Å². The molecule has 1 heterocycles. The summed E-state index contributed by atoms with van der Waals surface area (Å²) in [6, 6.07) is 4.95.